The van der Waals surface area contributed by atoms with Crippen molar-refractivity contribution in [1.29, 1.82) is 0 Å². The number of esters is 1. The molecule has 22 heavy (non-hydrogen) atoms. The quantitative estimate of drug-likeness (QED) is 0.453. The molecule has 0 spiro atoms. The topological polar surface area (TPSA) is 71.1 Å². The Balaban J connectivity index is 2.47. The molecule has 7 heteroatoms. The van der Waals surface area contributed by atoms with Crippen LogP contribution in [-0.2, 0) is 18.4 Å². The molecule has 0 unspecified atom stereocenters. The van der Waals surface area contributed by atoms with E-state index in [1.165, 1.54) is 7.11 Å². The van der Waals surface area contributed by atoms with Gasteiger partial charge in [-0.1, -0.05) is 19.1 Å². The van der Waals surface area contributed by atoms with E-state index in [4.69, 9.17) is 18.5 Å². The number of para-hydroxylation sites is 1. The van der Waals surface area contributed by atoms with Crippen LogP contribution < -0.4 is 9.47 Å². The summed E-state index contributed by atoms with van der Waals surface area (Å²) in [6, 6.07) is 5.34. The largest absolute Gasteiger partial charge is 0.493 e. The van der Waals surface area contributed by atoms with Crippen LogP contribution in [0.15, 0.2) is 18.2 Å². The number of carbonyl (C=O) groups is 1. The van der Waals surface area contributed by atoms with Crippen LogP contribution >= 0.6 is 7.60 Å². The molecular weight excluding hydrogens is 307 g/mol. The SMILES string of the molecule is CCOP(=O)(OCC)[C@H]1C(=O)Oc2c(OC)cccc2[C@@H]1C. The highest BCUT2D eigenvalue weighted by Crippen LogP contribution is 2.60. The zero-order chi connectivity index (χ0) is 16.3. The summed E-state index contributed by atoms with van der Waals surface area (Å²) in [6.07, 6.45) is 0. The van der Waals surface area contributed by atoms with Crippen LogP contribution in [0.2, 0.25) is 0 Å². The molecule has 1 aliphatic rings. The second kappa shape index (κ2) is 6.82. The van der Waals surface area contributed by atoms with Gasteiger partial charge in [-0.15, -0.1) is 0 Å². The number of methoxy groups -OCH3 is 1. The monoisotopic (exact) mass is 328 g/mol. The Morgan fingerprint density at radius 2 is 1.86 bits per heavy atom. The van der Waals surface area contributed by atoms with E-state index >= 15 is 0 Å². The van der Waals surface area contributed by atoms with E-state index in [0.29, 0.717) is 11.5 Å². The van der Waals surface area contributed by atoms with Crippen molar-refractivity contribution in [3.63, 3.8) is 0 Å². The predicted octanol–water partition coefficient (Wildman–Crippen LogP) is 3.35. The summed E-state index contributed by atoms with van der Waals surface area (Å²) in [7, 11) is -2.10. The summed E-state index contributed by atoms with van der Waals surface area (Å²) in [5, 5.41) is 0. The van der Waals surface area contributed by atoms with Crippen LogP contribution in [0, 0.1) is 0 Å². The molecule has 1 heterocycles. The first-order valence-electron chi connectivity index (χ1n) is 7.25. The fourth-order valence-corrected chi connectivity index (χ4v) is 4.79. The van der Waals surface area contributed by atoms with Crippen molar-refractivity contribution in [2.24, 2.45) is 0 Å². The molecule has 2 rings (SSSR count). The number of fused-ring (bicyclic) bond motifs is 1. The molecule has 0 saturated carbocycles. The summed E-state index contributed by atoms with van der Waals surface area (Å²) >= 11 is 0. The molecule has 0 saturated heterocycles. The van der Waals surface area contributed by atoms with Gasteiger partial charge >= 0.3 is 13.6 Å². The van der Waals surface area contributed by atoms with Crippen molar-refractivity contribution >= 4 is 13.6 Å². The molecule has 0 fully saturated rings. The third-order valence-electron chi connectivity index (χ3n) is 3.60. The summed E-state index contributed by atoms with van der Waals surface area (Å²) in [5.74, 6) is -0.137. The maximum absolute atomic E-state index is 13.0. The summed E-state index contributed by atoms with van der Waals surface area (Å²) in [6.45, 7) is 5.62. The lowest BCUT2D eigenvalue weighted by Gasteiger charge is -2.33. The molecule has 1 aromatic rings. The molecule has 2 atom stereocenters. The fourth-order valence-electron chi connectivity index (χ4n) is 2.66. The predicted molar refractivity (Wildman–Crippen MR) is 81.7 cm³/mol. The molecule has 0 radical (unpaired) electrons. The summed E-state index contributed by atoms with van der Waals surface area (Å²) < 4.78 is 34.2. The van der Waals surface area contributed by atoms with Gasteiger partial charge in [-0.25, -0.2) is 0 Å². The molecular formula is C15H21O6P. The van der Waals surface area contributed by atoms with Gasteiger partial charge in [0.05, 0.1) is 20.3 Å². The van der Waals surface area contributed by atoms with E-state index in [1.807, 2.05) is 13.0 Å². The van der Waals surface area contributed by atoms with E-state index in [1.54, 1.807) is 26.0 Å². The highest BCUT2D eigenvalue weighted by molar-refractivity contribution is 7.55. The van der Waals surface area contributed by atoms with Crippen molar-refractivity contribution in [3.05, 3.63) is 23.8 Å². The molecule has 0 aliphatic carbocycles. The van der Waals surface area contributed by atoms with Crippen LogP contribution in [0.3, 0.4) is 0 Å². The van der Waals surface area contributed by atoms with E-state index in [2.05, 4.69) is 0 Å². The fraction of sp³-hybridized carbons (Fsp3) is 0.533. The number of rotatable bonds is 6. The van der Waals surface area contributed by atoms with Crippen molar-refractivity contribution in [2.75, 3.05) is 20.3 Å². The molecule has 1 aliphatic heterocycles. The third-order valence-corrected chi connectivity index (χ3v) is 6.17. The maximum Gasteiger partial charge on any atom is 0.345 e. The second-order valence-corrected chi connectivity index (χ2v) is 7.06. The van der Waals surface area contributed by atoms with Crippen molar-refractivity contribution in [2.45, 2.75) is 32.3 Å². The number of ether oxygens (including phenoxy) is 2. The maximum atomic E-state index is 13.0. The highest BCUT2D eigenvalue weighted by Gasteiger charge is 2.50. The molecule has 0 N–H and O–H groups in total. The van der Waals surface area contributed by atoms with Gasteiger partial charge in [0.1, 0.15) is 0 Å². The Kier molecular flexibility index (Phi) is 5.27. The second-order valence-electron chi connectivity index (χ2n) is 4.91. The molecule has 0 aromatic heterocycles. The smallest absolute Gasteiger partial charge is 0.345 e. The first-order valence-corrected chi connectivity index (χ1v) is 8.87. The molecule has 6 nitrogen and oxygen atoms in total. The molecule has 122 valence electrons. The minimum atomic E-state index is -3.60. The van der Waals surface area contributed by atoms with Crippen molar-refractivity contribution < 1.29 is 27.9 Å². The average molecular weight is 328 g/mol. The number of carbonyl (C=O) groups excluding carboxylic acids is 1. The molecule has 0 bridgehead atoms. The van der Waals surface area contributed by atoms with Gasteiger partial charge in [0.15, 0.2) is 17.2 Å². The van der Waals surface area contributed by atoms with Crippen LogP contribution in [0.4, 0.5) is 0 Å². The average Bonchev–Trinajstić information content (AvgIpc) is 2.47. The van der Waals surface area contributed by atoms with Crippen molar-refractivity contribution in [1.82, 2.24) is 0 Å². The number of hydrogen-bond donors (Lipinski definition) is 0. The van der Waals surface area contributed by atoms with Crippen LogP contribution in [0.5, 0.6) is 11.5 Å². The Labute approximate surface area is 130 Å². The van der Waals surface area contributed by atoms with E-state index in [9.17, 15) is 9.36 Å². The Morgan fingerprint density at radius 3 is 2.41 bits per heavy atom. The lowest BCUT2D eigenvalue weighted by Crippen LogP contribution is -2.36. The van der Waals surface area contributed by atoms with Gasteiger partial charge < -0.3 is 18.5 Å². The lowest BCUT2D eigenvalue weighted by molar-refractivity contribution is -0.136. The highest BCUT2D eigenvalue weighted by atomic mass is 31.2. The van der Waals surface area contributed by atoms with E-state index in [0.717, 1.165) is 5.56 Å². The van der Waals surface area contributed by atoms with Gasteiger partial charge in [0, 0.05) is 11.5 Å². The standard InChI is InChI=1S/C15H21O6P/c1-5-19-22(17,20-6-2)14-10(3)11-8-7-9-12(18-4)13(11)21-15(14)16/h7-10,14H,5-6H2,1-4H3/t10-,14+/m0/s1. The van der Waals surface area contributed by atoms with Crippen LogP contribution in [-0.4, -0.2) is 32.0 Å². The number of benzene rings is 1. The molecule has 1 aromatic carbocycles. The summed E-state index contributed by atoms with van der Waals surface area (Å²) in [5.41, 5.74) is -0.226. The first kappa shape index (κ1) is 17.0. The lowest BCUT2D eigenvalue weighted by atomic mass is 9.94. The van der Waals surface area contributed by atoms with E-state index < -0.39 is 19.2 Å². The zero-order valence-electron chi connectivity index (χ0n) is 13.2. The van der Waals surface area contributed by atoms with Crippen molar-refractivity contribution in [3.8, 4) is 11.5 Å². The Bertz CT molecular complexity index is 590. The molecule has 0 amide bonds. The zero-order valence-corrected chi connectivity index (χ0v) is 14.1. The van der Waals surface area contributed by atoms with Gasteiger partial charge in [-0.2, -0.15) is 0 Å². The van der Waals surface area contributed by atoms with Crippen LogP contribution in [0.1, 0.15) is 32.3 Å². The van der Waals surface area contributed by atoms with Gasteiger partial charge in [-0.05, 0) is 19.9 Å². The number of hydrogen-bond acceptors (Lipinski definition) is 6. The Hall–Kier alpha value is -1.36. The minimum absolute atomic E-state index is 0.193. The van der Waals surface area contributed by atoms with Crippen LogP contribution in [0.25, 0.3) is 0 Å². The van der Waals surface area contributed by atoms with Gasteiger partial charge in [0.25, 0.3) is 0 Å². The third kappa shape index (κ3) is 2.91. The summed E-state index contributed by atoms with van der Waals surface area (Å²) in [4.78, 5) is 12.4. The first-order chi connectivity index (χ1) is 10.5. The van der Waals surface area contributed by atoms with Gasteiger partial charge in [0.2, 0.25) is 0 Å². The van der Waals surface area contributed by atoms with E-state index in [-0.39, 0.29) is 19.1 Å². The normalized spacial score (nSPS) is 21.2. The minimum Gasteiger partial charge on any atom is -0.493 e. The van der Waals surface area contributed by atoms with Gasteiger partial charge in [-0.3, -0.25) is 9.36 Å². The Morgan fingerprint density at radius 1 is 1.23 bits per heavy atom.